The summed E-state index contributed by atoms with van der Waals surface area (Å²) in [6, 6.07) is -0.228. The summed E-state index contributed by atoms with van der Waals surface area (Å²) in [6.07, 6.45) is 2.77. The topological polar surface area (TPSA) is 49.4 Å². The molecule has 1 atom stereocenters. The molecule has 0 aromatic carbocycles. The number of hydrogen-bond donors (Lipinski definition) is 1. The van der Waals surface area contributed by atoms with Crippen molar-refractivity contribution in [3.8, 4) is 0 Å². The predicted octanol–water partition coefficient (Wildman–Crippen LogP) is 2.14. The molecule has 4 nitrogen and oxygen atoms in total. The van der Waals surface area contributed by atoms with Gasteiger partial charge < -0.3 is 4.90 Å². The summed E-state index contributed by atoms with van der Waals surface area (Å²) in [7, 11) is 0. The van der Waals surface area contributed by atoms with Gasteiger partial charge in [0.05, 0.1) is 5.92 Å². The van der Waals surface area contributed by atoms with Crippen LogP contribution in [0.1, 0.15) is 47.0 Å². The Balaban J connectivity index is 2.93. The lowest BCUT2D eigenvalue weighted by atomic mass is 9.86. The second kappa shape index (κ2) is 4.85. The first-order valence-electron chi connectivity index (χ1n) is 6.13. The van der Waals surface area contributed by atoms with Crippen LogP contribution in [0.5, 0.6) is 0 Å². The molecule has 16 heavy (non-hydrogen) atoms. The van der Waals surface area contributed by atoms with Crippen molar-refractivity contribution in [3.63, 3.8) is 0 Å². The molecule has 1 aliphatic rings. The van der Waals surface area contributed by atoms with Crippen LogP contribution in [-0.4, -0.2) is 28.9 Å². The fourth-order valence-corrected chi connectivity index (χ4v) is 2.47. The van der Waals surface area contributed by atoms with Crippen LogP contribution in [0.2, 0.25) is 0 Å². The highest BCUT2D eigenvalue weighted by Crippen LogP contribution is 2.30. The van der Waals surface area contributed by atoms with Crippen molar-refractivity contribution in [2.45, 2.75) is 52.5 Å². The van der Waals surface area contributed by atoms with Crippen molar-refractivity contribution in [3.05, 3.63) is 0 Å². The van der Waals surface area contributed by atoms with Gasteiger partial charge in [-0.1, -0.05) is 27.7 Å². The lowest BCUT2D eigenvalue weighted by molar-refractivity contribution is -0.126. The Morgan fingerprint density at radius 2 is 1.75 bits per heavy atom. The molecule has 0 saturated carbocycles. The van der Waals surface area contributed by atoms with Crippen LogP contribution in [0.4, 0.5) is 4.79 Å². The summed E-state index contributed by atoms with van der Waals surface area (Å²) in [5.74, 6) is -0.264. The van der Waals surface area contributed by atoms with Gasteiger partial charge in [-0.15, -0.1) is 0 Å². The average Bonchev–Trinajstić information content (AvgIpc) is 2.28. The van der Waals surface area contributed by atoms with Crippen LogP contribution >= 0.6 is 0 Å². The second-order valence-corrected chi connectivity index (χ2v) is 4.59. The zero-order valence-electron chi connectivity index (χ0n) is 10.7. The molecule has 0 aromatic rings. The number of nitrogens with zero attached hydrogens (tertiary/aromatic N) is 1. The van der Waals surface area contributed by atoms with Gasteiger partial charge in [-0.2, -0.15) is 0 Å². The summed E-state index contributed by atoms with van der Waals surface area (Å²) in [5.41, 5.74) is -0.0982. The fraction of sp³-hybridized carbons (Fsp3) is 0.833. The van der Waals surface area contributed by atoms with Gasteiger partial charge in [0, 0.05) is 12.1 Å². The molecule has 0 spiro atoms. The Hall–Kier alpha value is -1.06. The quantitative estimate of drug-likeness (QED) is 0.798. The van der Waals surface area contributed by atoms with E-state index in [0.29, 0.717) is 6.54 Å². The van der Waals surface area contributed by atoms with Gasteiger partial charge in [0.1, 0.15) is 0 Å². The van der Waals surface area contributed by atoms with Crippen LogP contribution in [0.25, 0.3) is 0 Å². The molecular weight excluding hydrogens is 204 g/mol. The smallest absolute Gasteiger partial charge is 0.318 e. The largest absolute Gasteiger partial charge is 0.324 e. The van der Waals surface area contributed by atoms with Gasteiger partial charge in [0.15, 0.2) is 0 Å². The first kappa shape index (κ1) is 13.0. The molecule has 1 saturated heterocycles. The Morgan fingerprint density at radius 1 is 1.25 bits per heavy atom. The SMILES string of the molecule is CCC(CC)(CC)N1CC(C)C(=O)NC1=O. The molecule has 4 heteroatoms. The summed E-state index contributed by atoms with van der Waals surface area (Å²) >= 11 is 0. The number of urea groups is 1. The molecule has 1 unspecified atom stereocenters. The number of amides is 3. The monoisotopic (exact) mass is 226 g/mol. The van der Waals surface area contributed by atoms with Gasteiger partial charge >= 0.3 is 6.03 Å². The van der Waals surface area contributed by atoms with E-state index in [1.54, 1.807) is 0 Å². The molecule has 1 heterocycles. The van der Waals surface area contributed by atoms with Gasteiger partial charge in [-0.3, -0.25) is 10.1 Å². The van der Waals surface area contributed by atoms with E-state index in [1.165, 1.54) is 0 Å². The maximum absolute atomic E-state index is 11.9. The Bertz CT molecular complexity index is 276. The van der Waals surface area contributed by atoms with E-state index in [-0.39, 0.29) is 23.4 Å². The van der Waals surface area contributed by atoms with E-state index in [0.717, 1.165) is 19.3 Å². The van der Waals surface area contributed by atoms with Gasteiger partial charge in [0.25, 0.3) is 0 Å². The molecule has 0 aliphatic carbocycles. The van der Waals surface area contributed by atoms with Crippen LogP contribution in [0.3, 0.4) is 0 Å². The number of nitrogens with one attached hydrogen (secondary N) is 1. The molecule has 0 bridgehead atoms. The molecule has 1 aliphatic heterocycles. The molecule has 1 fully saturated rings. The first-order valence-corrected chi connectivity index (χ1v) is 6.13. The normalized spacial score (nSPS) is 22.2. The Labute approximate surface area is 97.4 Å². The van der Waals surface area contributed by atoms with Crippen LogP contribution in [0, 0.1) is 5.92 Å². The third-order valence-electron chi connectivity index (χ3n) is 3.93. The van der Waals surface area contributed by atoms with E-state index in [2.05, 4.69) is 26.1 Å². The van der Waals surface area contributed by atoms with Crippen LogP contribution in [-0.2, 0) is 4.79 Å². The second-order valence-electron chi connectivity index (χ2n) is 4.59. The zero-order valence-corrected chi connectivity index (χ0v) is 10.7. The van der Waals surface area contributed by atoms with Crippen LogP contribution in [0.15, 0.2) is 0 Å². The molecule has 1 N–H and O–H groups in total. The van der Waals surface area contributed by atoms with Gasteiger partial charge in [-0.25, -0.2) is 4.79 Å². The van der Waals surface area contributed by atoms with E-state index in [9.17, 15) is 9.59 Å². The highest BCUT2D eigenvalue weighted by Gasteiger charge is 2.40. The fourth-order valence-electron chi connectivity index (χ4n) is 2.47. The van der Waals surface area contributed by atoms with Crippen molar-refractivity contribution < 1.29 is 9.59 Å². The van der Waals surface area contributed by atoms with Crippen molar-refractivity contribution >= 4 is 11.9 Å². The van der Waals surface area contributed by atoms with Gasteiger partial charge in [-0.05, 0) is 19.3 Å². The third kappa shape index (κ3) is 2.06. The van der Waals surface area contributed by atoms with Crippen molar-refractivity contribution in [1.29, 1.82) is 0 Å². The Morgan fingerprint density at radius 3 is 2.19 bits per heavy atom. The van der Waals surface area contributed by atoms with E-state index >= 15 is 0 Å². The van der Waals surface area contributed by atoms with E-state index < -0.39 is 0 Å². The maximum Gasteiger partial charge on any atom is 0.324 e. The average molecular weight is 226 g/mol. The van der Waals surface area contributed by atoms with Crippen molar-refractivity contribution in [2.75, 3.05) is 6.54 Å². The zero-order chi connectivity index (χ0) is 12.3. The minimum Gasteiger partial charge on any atom is -0.318 e. The first-order chi connectivity index (χ1) is 7.50. The van der Waals surface area contributed by atoms with Crippen molar-refractivity contribution in [1.82, 2.24) is 10.2 Å². The van der Waals surface area contributed by atoms with E-state index in [1.807, 2.05) is 11.8 Å². The molecule has 0 radical (unpaired) electrons. The number of carbonyl (C=O) groups is 2. The molecule has 1 rings (SSSR count). The molecule has 92 valence electrons. The molecular formula is C12H22N2O2. The maximum atomic E-state index is 11.9. The van der Waals surface area contributed by atoms with Crippen molar-refractivity contribution in [2.24, 2.45) is 5.92 Å². The number of carbonyl (C=O) groups excluding carboxylic acids is 2. The van der Waals surface area contributed by atoms with Crippen LogP contribution < -0.4 is 5.32 Å². The standard InChI is InChI=1S/C12H22N2O2/c1-5-12(6-2,7-3)14-8-9(4)10(15)13-11(14)16/h9H,5-8H2,1-4H3,(H,13,15,16). The summed E-state index contributed by atoms with van der Waals surface area (Å²) in [6.45, 7) is 8.70. The highest BCUT2D eigenvalue weighted by atomic mass is 16.2. The lowest BCUT2D eigenvalue weighted by Crippen LogP contribution is -2.62. The minimum absolute atomic E-state index is 0.0982. The van der Waals surface area contributed by atoms with Gasteiger partial charge in [0.2, 0.25) is 5.91 Å². The number of rotatable bonds is 4. The molecule has 3 amide bonds. The Kier molecular flexibility index (Phi) is 3.94. The third-order valence-corrected chi connectivity index (χ3v) is 3.93. The van der Waals surface area contributed by atoms with E-state index in [4.69, 9.17) is 0 Å². The summed E-state index contributed by atoms with van der Waals surface area (Å²) in [4.78, 5) is 25.1. The highest BCUT2D eigenvalue weighted by molar-refractivity contribution is 5.98. The number of hydrogen-bond acceptors (Lipinski definition) is 2. The lowest BCUT2D eigenvalue weighted by Gasteiger charge is -2.45. The summed E-state index contributed by atoms with van der Waals surface area (Å²) in [5, 5.41) is 2.44. The minimum atomic E-state index is -0.228. The predicted molar refractivity (Wildman–Crippen MR) is 63.0 cm³/mol. The summed E-state index contributed by atoms with van der Waals surface area (Å²) < 4.78 is 0. The number of imide groups is 1. The molecule has 0 aromatic heterocycles.